The standard InChI is InChI=1S/C16H13Cl2N3S/c17-12-6-7-13(14(18)10-12)15-19-16(22)21(20-15)9-8-11-4-2-1-3-5-11/h1-7,10H,8-9H2,(H,19,20,22). The summed E-state index contributed by atoms with van der Waals surface area (Å²) in [6.07, 6.45) is 0.880. The quantitative estimate of drug-likeness (QED) is 0.660. The highest BCUT2D eigenvalue weighted by molar-refractivity contribution is 7.71. The van der Waals surface area contributed by atoms with E-state index in [4.69, 9.17) is 35.4 Å². The Morgan fingerprint density at radius 3 is 2.59 bits per heavy atom. The van der Waals surface area contributed by atoms with Crippen molar-refractivity contribution >= 4 is 35.4 Å². The van der Waals surface area contributed by atoms with Gasteiger partial charge in [0, 0.05) is 17.1 Å². The average molecular weight is 350 g/mol. The number of hydrogen-bond donors (Lipinski definition) is 1. The number of nitrogens with one attached hydrogen (secondary N) is 1. The van der Waals surface area contributed by atoms with Crippen molar-refractivity contribution in [3.05, 3.63) is 68.9 Å². The third-order valence-corrected chi connectivity index (χ3v) is 4.19. The molecule has 0 bridgehead atoms. The third-order valence-electron chi connectivity index (χ3n) is 3.33. The number of nitrogens with zero attached hydrogens (tertiary/aromatic N) is 2. The number of H-pyrrole nitrogens is 1. The zero-order valence-electron chi connectivity index (χ0n) is 11.6. The molecule has 1 heterocycles. The molecule has 22 heavy (non-hydrogen) atoms. The molecule has 0 aliphatic rings. The molecule has 0 unspecified atom stereocenters. The fraction of sp³-hybridized carbons (Fsp3) is 0.125. The van der Waals surface area contributed by atoms with Crippen LogP contribution in [0.5, 0.6) is 0 Å². The summed E-state index contributed by atoms with van der Waals surface area (Å²) in [5, 5.41) is 4.34. The van der Waals surface area contributed by atoms with Crippen molar-refractivity contribution in [2.24, 2.45) is 0 Å². The summed E-state index contributed by atoms with van der Waals surface area (Å²) in [4.78, 5) is 4.38. The molecule has 0 aliphatic carbocycles. The van der Waals surface area contributed by atoms with Gasteiger partial charge in [-0.15, -0.1) is 0 Å². The molecule has 0 atom stereocenters. The van der Waals surface area contributed by atoms with E-state index >= 15 is 0 Å². The average Bonchev–Trinajstić information content (AvgIpc) is 2.87. The van der Waals surface area contributed by atoms with Crippen molar-refractivity contribution in [2.45, 2.75) is 13.0 Å². The molecule has 112 valence electrons. The minimum atomic E-state index is 0.511. The first-order valence-corrected chi connectivity index (χ1v) is 7.96. The molecule has 0 aliphatic heterocycles. The van der Waals surface area contributed by atoms with Gasteiger partial charge in [0.1, 0.15) is 0 Å². The molecule has 1 N–H and O–H groups in total. The molecule has 1 aromatic heterocycles. The van der Waals surface area contributed by atoms with Crippen molar-refractivity contribution < 1.29 is 0 Å². The van der Waals surface area contributed by atoms with Crippen molar-refractivity contribution in [3.63, 3.8) is 0 Å². The largest absolute Gasteiger partial charge is 0.279 e. The SMILES string of the molecule is S=c1nc(-c2ccc(Cl)cc2Cl)[nH]n1CCc1ccccc1. The third kappa shape index (κ3) is 3.40. The van der Waals surface area contributed by atoms with Crippen LogP contribution in [0.2, 0.25) is 10.0 Å². The molecule has 0 radical (unpaired) electrons. The summed E-state index contributed by atoms with van der Waals surface area (Å²) < 4.78 is 2.36. The maximum Gasteiger partial charge on any atom is 0.216 e. The minimum Gasteiger partial charge on any atom is -0.279 e. The Labute approximate surface area is 143 Å². The lowest BCUT2D eigenvalue weighted by Gasteiger charge is -2.03. The van der Waals surface area contributed by atoms with Crippen molar-refractivity contribution in [1.29, 1.82) is 0 Å². The maximum atomic E-state index is 6.21. The Morgan fingerprint density at radius 2 is 1.86 bits per heavy atom. The second kappa shape index (κ2) is 6.65. The van der Waals surface area contributed by atoms with Crippen LogP contribution >= 0.6 is 35.4 Å². The fourth-order valence-corrected chi connectivity index (χ4v) is 2.92. The van der Waals surface area contributed by atoms with Gasteiger partial charge in [0.15, 0.2) is 5.82 Å². The van der Waals surface area contributed by atoms with Gasteiger partial charge in [0.25, 0.3) is 0 Å². The van der Waals surface area contributed by atoms with Crippen molar-refractivity contribution in [2.75, 3.05) is 0 Å². The molecule has 0 saturated carbocycles. The van der Waals surface area contributed by atoms with Gasteiger partial charge in [-0.2, -0.15) is 4.98 Å². The normalized spacial score (nSPS) is 10.8. The second-order valence-electron chi connectivity index (χ2n) is 4.87. The lowest BCUT2D eigenvalue weighted by molar-refractivity contribution is 0.606. The van der Waals surface area contributed by atoms with E-state index in [0.29, 0.717) is 20.6 Å². The number of aromatic amines is 1. The second-order valence-corrected chi connectivity index (χ2v) is 6.07. The highest BCUT2D eigenvalue weighted by atomic mass is 35.5. The number of aromatic nitrogens is 3. The Bertz CT molecular complexity index is 840. The van der Waals surface area contributed by atoms with E-state index in [1.54, 1.807) is 12.1 Å². The number of rotatable bonds is 4. The van der Waals surface area contributed by atoms with E-state index in [9.17, 15) is 0 Å². The molecule has 0 fully saturated rings. The summed E-state index contributed by atoms with van der Waals surface area (Å²) >= 11 is 17.4. The lowest BCUT2D eigenvalue weighted by atomic mass is 10.2. The molecule has 3 rings (SSSR count). The summed E-state index contributed by atoms with van der Waals surface area (Å²) in [5.74, 6) is 0.653. The van der Waals surface area contributed by atoms with Crippen LogP contribution in [-0.2, 0) is 13.0 Å². The highest BCUT2D eigenvalue weighted by Crippen LogP contribution is 2.28. The Hall–Kier alpha value is -1.62. The van der Waals surface area contributed by atoms with Crippen LogP contribution in [0.1, 0.15) is 5.56 Å². The highest BCUT2D eigenvalue weighted by Gasteiger charge is 2.09. The van der Waals surface area contributed by atoms with Gasteiger partial charge in [-0.25, -0.2) is 0 Å². The van der Waals surface area contributed by atoms with E-state index in [1.807, 2.05) is 28.9 Å². The predicted molar refractivity (Wildman–Crippen MR) is 93.0 cm³/mol. The summed E-state index contributed by atoms with van der Waals surface area (Å²) in [6.45, 7) is 0.737. The van der Waals surface area contributed by atoms with Crippen LogP contribution in [0.4, 0.5) is 0 Å². The van der Waals surface area contributed by atoms with E-state index in [0.717, 1.165) is 18.5 Å². The number of aryl methyl sites for hydroxylation is 2. The predicted octanol–water partition coefficient (Wildman–Crippen LogP) is 5.16. The monoisotopic (exact) mass is 349 g/mol. The topological polar surface area (TPSA) is 33.6 Å². The first-order chi connectivity index (χ1) is 10.6. The van der Waals surface area contributed by atoms with Gasteiger partial charge in [0.2, 0.25) is 4.77 Å². The van der Waals surface area contributed by atoms with E-state index in [1.165, 1.54) is 5.56 Å². The first kappa shape index (κ1) is 15.3. The van der Waals surface area contributed by atoms with Crippen LogP contribution in [0.15, 0.2) is 48.5 Å². The van der Waals surface area contributed by atoms with Crippen LogP contribution in [0.25, 0.3) is 11.4 Å². The molecule has 3 nitrogen and oxygen atoms in total. The van der Waals surface area contributed by atoms with Gasteiger partial charge in [0.05, 0.1) is 5.02 Å². The lowest BCUT2D eigenvalue weighted by Crippen LogP contribution is -2.03. The number of halogens is 2. The van der Waals surface area contributed by atoms with Crippen LogP contribution in [0.3, 0.4) is 0 Å². The van der Waals surface area contributed by atoms with Crippen LogP contribution in [-0.4, -0.2) is 14.8 Å². The van der Waals surface area contributed by atoms with Crippen LogP contribution in [0, 0.1) is 4.77 Å². The Morgan fingerprint density at radius 1 is 1.09 bits per heavy atom. The smallest absolute Gasteiger partial charge is 0.216 e. The zero-order chi connectivity index (χ0) is 15.5. The zero-order valence-corrected chi connectivity index (χ0v) is 13.9. The summed E-state index contributed by atoms with van der Waals surface area (Å²) in [5.41, 5.74) is 2.04. The molecule has 3 aromatic rings. The maximum absolute atomic E-state index is 6.21. The first-order valence-electron chi connectivity index (χ1n) is 6.80. The molecular formula is C16H13Cl2N3S. The van der Waals surface area contributed by atoms with E-state index in [-0.39, 0.29) is 0 Å². The van der Waals surface area contributed by atoms with Gasteiger partial charge in [-0.1, -0.05) is 53.5 Å². The van der Waals surface area contributed by atoms with Gasteiger partial charge in [-0.3, -0.25) is 9.78 Å². The van der Waals surface area contributed by atoms with Gasteiger partial charge < -0.3 is 0 Å². The minimum absolute atomic E-state index is 0.511. The summed E-state index contributed by atoms with van der Waals surface area (Å²) in [7, 11) is 0. The number of benzene rings is 2. The summed E-state index contributed by atoms with van der Waals surface area (Å²) in [6, 6.07) is 15.6. The van der Waals surface area contributed by atoms with Crippen LogP contribution < -0.4 is 0 Å². The Balaban J connectivity index is 1.83. The molecule has 0 amide bonds. The molecule has 0 saturated heterocycles. The van der Waals surface area contributed by atoms with Gasteiger partial charge in [-0.05, 0) is 42.4 Å². The molecule has 0 spiro atoms. The van der Waals surface area contributed by atoms with Crippen molar-refractivity contribution in [3.8, 4) is 11.4 Å². The molecule has 2 aromatic carbocycles. The number of hydrogen-bond acceptors (Lipinski definition) is 2. The fourth-order valence-electron chi connectivity index (χ4n) is 2.20. The van der Waals surface area contributed by atoms with Crippen molar-refractivity contribution in [1.82, 2.24) is 14.8 Å². The van der Waals surface area contributed by atoms with Gasteiger partial charge >= 0.3 is 0 Å². The van der Waals surface area contributed by atoms with E-state index < -0.39 is 0 Å². The Kier molecular flexibility index (Phi) is 4.62. The van der Waals surface area contributed by atoms with E-state index in [2.05, 4.69) is 22.2 Å². The molecule has 6 heteroatoms. The molecular weight excluding hydrogens is 337 g/mol.